The smallest absolute Gasteiger partial charge is 0.238 e. The van der Waals surface area contributed by atoms with Gasteiger partial charge >= 0.3 is 0 Å². The third-order valence-electron chi connectivity index (χ3n) is 9.73. The van der Waals surface area contributed by atoms with E-state index >= 15 is 0 Å². The van der Waals surface area contributed by atoms with E-state index < -0.39 is 0 Å². The Morgan fingerprint density at radius 2 is 1.02 bits per heavy atom. The summed E-state index contributed by atoms with van der Waals surface area (Å²) in [5.41, 5.74) is 10.2. The lowest BCUT2D eigenvalue weighted by Crippen LogP contribution is -2.06. The lowest BCUT2D eigenvalue weighted by Gasteiger charge is -2.11. The van der Waals surface area contributed by atoms with Gasteiger partial charge < -0.3 is 4.42 Å². The molecule has 10 aromatic rings. The summed E-state index contributed by atoms with van der Waals surface area (Å²) in [5, 5.41) is 14.0. The molecular weight excluding hydrogens is 639 g/mol. The Balaban J connectivity index is 1.08. The monoisotopic (exact) mass is 665 g/mol. The number of rotatable bonds is 5. The van der Waals surface area contributed by atoms with E-state index in [0.717, 1.165) is 71.5 Å². The summed E-state index contributed by atoms with van der Waals surface area (Å²) in [6.07, 6.45) is 0. The van der Waals surface area contributed by atoms with Crippen LogP contribution in [-0.2, 0) is 0 Å². The number of hydrogen-bond acceptors (Lipinski definition) is 5. The Hall–Kier alpha value is -7.36. The van der Waals surface area contributed by atoms with Crippen molar-refractivity contribution in [3.63, 3.8) is 0 Å². The minimum Gasteiger partial charge on any atom is -0.456 e. The summed E-state index contributed by atoms with van der Waals surface area (Å²) in [4.78, 5) is 15.1. The molecule has 0 N–H and O–H groups in total. The van der Waals surface area contributed by atoms with Gasteiger partial charge in [-0.15, -0.1) is 0 Å². The first kappa shape index (κ1) is 29.5. The summed E-state index contributed by atoms with van der Waals surface area (Å²) in [7, 11) is 0. The fourth-order valence-corrected chi connectivity index (χ4v) is 7.33. The molecule has 0 spiro atoms. The molecule has 10 rings (SSSR count). The van der Waals surface area contributed by atoms with Gasteiger partial charge in [0.2, 0.25) is 5.95 Å². The summed E-state index contributed by atoms with van der Waals surface area (Å²) >= 11 is 0. The van der Waals surface area contributed by atoms with Crippen LogP contribution in [0.25, 0.3) is 94.7 Å². The number of hydrogen-bond donors (Lipinski definition) is 0. The standard InChI is InChI=1S/C46H27N5O/c47-28-34-15-9-21-40-42(34)43-35(18-10-22-41(43)52-40)33-14-8-13-32(27-33)29-23-25-31(26-24-29)45-48-44(30-11-2-1-3-12-30)49-46(50-45)51-38-19-6-4-16-36(38)37-17-5-7-20-39(37)51/h1-27H. The zero-order valence-corrected chi connectivity index (χ0v) is 27.7. The molecule has 0 radical (unpaired) electrons. The van der Waals surface area contributed by atoms with Gasteiger partial charge in [-0.3, -0.25) is 4.57 Å². The largest absolute Gasteiger partial charge is 0.456 e. The highest BCUT2D eigenvalue weighted by Gasteiger charge is 2.19. The Morgan fingerprint density at radius 1 is 0.462 bits per heavy atom. The second-order valence-corrected chi connectivity index (χ2v) is 12.7. The topological polar surface area (TPSA) is 80.5 Å². The molecule has 0 aliphatic heterocycles. The van der Waals surface area contributed by atoms with E-state index in [2.05, 4.69) is 102 Å². The molecule has 3 aromatic heterocycles. The minimum absolute atomic E-state index is 0.568. The van der Waals surface area contributed by atoms with Crippen molar-refractivity contribution in [2.24, 2.45) is 0 Å². The molecule has 52 heavy (non-hydrogen) atoms. The van der Waals surface area contributed by atoms with E-state index in [1.807, 2.05) is 72.8 Å². The minimum atomic E-state index is 0.568. The molecule has 3 heterocycles. The second-order valence-electron chi connectivity index (χ2n) is 12.7. The third kappa shape index (κ3) is 4.76. The van der Waals surface area contributed by atoms with Crippen molar-refractivity contribution in [3.05, 3.63) is 169 Å². The van der Waals surface area contributed by atoms with Crippen LogP contribution >= 0.6 is 0 Å². The van der Waals surface area contributed by atoms with Crippen molar-refractivity contribution in [2.75, 3.05) is 0 Å². The lowest BCUT2D eigenvalue weighted by molar-refractivity contribution is 0.669. The molecule has 7 aromatic carbocycles. The Labute approximate surface area is 298 Å². The molecule has 0 saturated carbocycles. The Morgan fingerprint density at radius 3 is 1.73 bits per heavy atom. The van der Waals surface area contributed by atoms with Crippen LogP contribution in [0.1, 0.15) is 5.56 Å². The summed E-state index contributed by atoms with van der Waals surface area (Å²) < 4.78 is 8.30. The fraction of sp³-hybridized carbons (Fsp3) is 0. The highest BCUT2D eigenvalue weighted by atomic mass is 16.3. The maximum Gasteiger partial charge on any atom is 0.238 e. The van der Waals surface area contributed by atoms with Crippen LogP contribution in [0.5, 0.6) is 0 Å². The summed E-state index contributed by atoms with van der Waals surface area (Å²) in [6.45, 7) is 0. The van der Waals surface area contributed by atoms with E-state index in [1.165, 1.54) is 0 Å². The van der Waals surface area contributed by atoms with Crippen LogP contribution in [0, 0.1) is 11.3 Å². The van der Waals surface area contributed by atoms with Gasteiger partial charge in [0.05, 0.1) is 22.7 Å². The van der Waals surface area contributed by atoms with Gasteiger partial charge in [0, 0.05) is 32.7 Å². The summed E-state index contributed by atoms with van der Waals surface area (Å²) in [5.74, 6) is 1.77. The van der Waals surface area contributed by atoms with Gasteiger partial charge in [0.25, 0.3) is 0 Å². The van der Waals surface area contributed by atoms with Crippen molar-refractivity contribution in [1.82, 2.24) is 19.5 Å². The van der Waals surface area contributed by atoms with Gasteiger partial charge in [0.15, 0.2) is 11.6 Å². The van der Waals surface area contributed by atoms with Crippen molar-refractivity contribution < 1.29 is 4.42 Å². The van der Waals surface area contributed by atoms with E-state index in [-0.39, 0.29) is 0 Å². The zero-order chi connectivity index (χ0) is 34.6. The van der Waals surface area contributed by atoms with E-state index in [4.69, 9.17) is 19.4 Å². The molecule has 0 amide bonds. The summed E-state index contributed by atoms with van der Waals surface area (Å²) in [6, 6.07) is 57.6. The first-order valence-electron chi connectivity index (χ1n) is 17.1. The average Bonchev–Trinajstić information content (AvgIpc) is 3.77. The van der Waals surface area contributed by atoms with Gasteiger partial charge in [-0.05, 0) is 58.7 Å². The van der Waals surface area contributed by atoms with Crippen molar-refractivity contribution >= 4 is 43.7 Å². The number of furan rings is 1. The van der Waals surface area contributed by atoms with Gasteiger partial charge in [-0.2, -0.15) is 15.2 Å². The fourth-order valence-electron chi connectivity index (χ4n) is 7.33. The first-order chi connectivity index (χ1) is 25.7. The molecule has 0 unspecified atom stereocenters. The SMILES string of the molecule is N#Cc1cccc2oc3cccc(-c4cccc(-c5ccc(-c6nc(-c7ccccc7)nc(-n7c8ccccc8c8ccccc87)n6)cc5)c4)c3c12. The van der Waals surface area contributed by atoms with Crippen LogP contribution in [0.4, 0.5) is 0 Å². The first-order valence-corrected chi connectivity index (χ1v) is 17.1. The molecule has 0 saturated heterocycles. The van der Waals surface area contributed by atoms with Crippen LogP contribution in [0.3, 0.4) is 0 Å². The average molecular weight is 666 g/mol. The molecule has 0 atom stereocenters. The molecule has 242 valence electrons. The normalized spacial score (nSPS) is 11.4. The maximum atomic E-state index is 9.89. The predicted molar refractivity (Wildman–Crippen MR) is 208 cm³/mol. The molecule has 0 fully saturated rings. The molecular formula is C46H27N5O. The molecule has 6 nitrogen and oxygen atoms in total. The van der Waals surface area contributed by atoms with Crippen molar-refractivity contribution in [2.45, 2.75) is 0 Å². The number of nitriles is 1. The van der Waals surface area contributed by atoms with Crippen molar-refractivity contribution in [3.8, 4) is 57.0 Å². The highest BCUT2D eigenvalue weighted by Crippen LogP contribution is 2.39. The second kappa shape index (κ2) is 11.9. The number of nitrogens with zero attached hydrogens (tertiary/aromatic N) is 5. The van der Waals surface area contributed by atoms with Gasteiger partial charge in [-0.25, -0.2) is 4.98 Å². The number of aromatic nitrogens is 4. The number of benzene rings is 7. The predicted octanol–water partition coefficient (Wildman–Crippen LogP) is 11.4. The third-order valence-corrected chi connectivity index (χ3v) is 9.73. The quantitative estimate of drug-likeness (QED) is 0.183. The van der Waals surface area contributed by atoms with Gasteiger partial charge in [0.1, 0.15) is 11.2 Å². The van der Waals surface area contributed by atoms with E-state index in [9.17, 15) is 5.26 Å². The lowest BCUT2D eigenvalue weighted by atomic mass is 9.94. The zero-order valence-electron chi connectivity index (χ0n) is 27.7. The van der Waals surface area contributed by atoms with Gasteiger partial charge in [-0.1, -0.05) is 127 Å². The number of para-hydroxylation sites is 2. The van der Waals surface area contributed by atoms with Crippen LogP contribution < -0.4 is 0 Å². The molecule has 0 aliphatic rings. The van der Waals surface area contributed by atoms with E-state index in [1.54, 1.807) is 0 Å². The maximum absolute atomic E-state index is 9.89. The Kier molecular flexibility index (Phi) is 6.76. The van der Waals surface area contributed by atoms with E-state index in [0.29, 0.717) is 28.7 Å². The molecule has 6 heteroatoms. The van der Waals surface area contributed by atoms with Crippen LogP contribution in [0.15, 0.2) is 168 Å². The number of fused-ring (bicyclic) bond motifs is 6. The molecule has 0 aliphatic carbocycles. The van der Waals surface area contributed by atoms with Crippen LogP contribution in [0.2, 0.25) is 0 Å². The Bertz CT molecular complexity index is 2970. The van der Waals surface area contributed by atoms with Crippen LogP contribution in [-0.4, -0.2) is 19.5 Å². The molecule has 0 bridgehead atoms. The highest BCUT2D eigenvalue weighted by molar-refractivity contribution is 6.14. The van der Waals surface area contributed by atoms with Crippen molar-refractivity contribution in [1.29, 1.82) is 5.26 Å².